The third-order valence-electron chi connectivity index (χ3n) is 2.95. The van der Waals surface area contributed by atoms with Crippen LogP contribution in [-0.2, 0) is 4.79 Å². The van der Waals surface area contributed by atoms with Gasteiger partial charge in [-0.25, -0.2) is 0 Å². The number of rotatable bonds is 5. The van der Waals surface area contributed by atoms with Crippen molar-refractivity contribution in [3.05, 3.63) is 34.2 Å². The van der Waals surface area contributed by atoms with E-state index in [4.69, 9.17) is 10.3 Å². The van der Waals surface area contributed by atoms with Gasteiger partial charge in [-0.3, -0.25) is 9.59 Å². The van der Waals surface area contributed by atoms with Crippen molar-refractivity contribution in [1.82, 2.24) is 0 Å². The Morgan fingerprint density at radius 1 is 1.55 bits per heavy atom. The van der Waals surface area contributed by atoms with Crippen molar-refractivity contribution >= 4 is 17.4 Å². The topological polar surface area (TPSA) is 95.4 Å². The highest BCUT2D eigenvalue weighted by Crippen LogP contribution is 2.33. The zero-order valence-electron chi connectivity index (χ0n) is 11.1. The summed E-state index contributed by atoms with van der Waals surface area (Å²) in [4.78, 5) is 27.9. The maximum Gasteiger partial charge on any atom is 0.265 e. The molecule has 1 heterocycles. The zero-order valence-corrected chi connectivity index (χ0v) is 11.1. The highest BCUT2D eigenvalue weighted by atomic mass is 16.5. The third-order valence-corrected chi connectivity index (χ3v) is 2.95. The lowest BCUT2D eigenvalue weighted by molar-refractivity contribution is -0.121. The Bertz CT molecular complexity index is 593. The number of carbonyl (C=O) groups excluding carboxylic acids is 2. The average Bonchev–Trinajstić information content (AvgIpc) is 2.47. The van der Waals surface area contributed by atoms with Crippen molar-refractivity contribution in [2.75, 3.05) is 24.6 Å². The van der Waals surface area contributed by atoms with Gasteiger partial charge in [0.25, 0.3) is 5.91 Å². The molecule has 7 heteroatoms. The third kappa shape index (κ3) is 2.73. The highest BCUT2D eigenvalue weighted by molar-refractivity contribution is 6.02. The van der Waals surface area contributed by atoms with E-state index in [1.165, 1.54) is 0 Å². The van der Waals surface area contributed by atoms with Crippen LogP contribution in [0.15, 0.2) is 23.3 Å². The van der Waals surface area contributed by atoms with Gasteiger partial charge in [-0.05, 0) is 30.2 Å². The molecule has 1 aliphatic rings. The molecule has 2 rings (SSSR count). The van der Waals surface area contributed by atoms with E-state index in [1.54, 1.807) is 23.1 Å². The lowest BCUT2D eigenvalue weighted by Gasteiger charge is -2.29. The van der Waals surface area contributed by atoms with Gasteiger partial charge in [-0.1, -0.05) is 12.0 Å². The van der Waals surface area contributed by atoms with Gasteiger partial charge < -0.3 is 9.64 Å². The number of nitrogens with zero attached hydrogens (tertiary/aromatic N) is 4. The summed E-state index contributed by atoms with van der Waals surface area (Å²) in [5, 5.41) is 3.25. The Kier molecular flexibility index (Phi) is 4.22. The number of carbonyl (C=O) groups is 2. The van der Waals surface area contributed by atoms with Crippen LogP contribution in [0.1, 0.15) is 23.7 Å². The van der Waals surface area contributed by atoms with E-state index < -0.39 is 0 Å². The molecule has 20 heavy (non-hydrogen) atoms. The summed E-state index contributed by atoms with van der Waals surface area (Å²) < 4.78 is 5.34. The second kappa shape index (κ2) is 6.08. The van der Waals surface area contributed by atoms with Gasteiger partial charge in [0.1, 0.15) is 5.75 Å². The van der Waals surface area contributed by atoms with Gasteiger partial charge in [0, 0.05) is 17.0 Å². The van der Waals surface area contributed by atoms with Gasteiger partial charge in [0.2, 0.25) is 0 Å². The monoisotopic (exact) mass is 274 g/mol. The van der Waals surface area contributed by atoms with Gasteiger partial charge in [0.15, 0.2) is 12.4 Å². The van der Waals surface area contributed by atoms with E-state index in [-0.39, 0.29) is 24.8 Å². The molecule has 0 unspecified atom stereocenters. The lowest BCUT2D eigenvalue weighted by atomic mass is 10.1. The minimum Gasteiger partial charge on any atom is -0.482 e. The SMILES string of the molecule is CCCN1C(=O)COc2ccc(C(=O)CN=[N+]=[N-])cc21. The number of Topliss-reactive ketones (excluding diaryl/α,β-unsaturated/α-hetero) is 1. The van der Waals surface area contributed by atoms with Gasteiger partial charge in [-0.15, -0.1) is 0 Å². The molecule has 104 valence electrons. The van der Waals surface area contributed by atoms with E-state index in [9.17, 15) is 9.59 Å². The van der Waals surface area contributed by atoms with Crippen LogP contribution in [-0.4, -0.2) is 31.4 Å². The first-order valence-electron chi connectivity index (χ1n) is 6.28. The smallest absolute Gasteiger partial charge is 0.265 e. The van der Waals surface area contributed by atoms with Crippen LogP contribution in [0.4, 0.5) is 5.69 Å². The minimum absolute atomic E-state index is 0.0129. The quantitative estimate of drug-likeness (QED) is 0.356. The summed E-state index contributed by atoms with van der Waals surface area (Å²) in [6.07, 6.45) is 0.808. The summed E-state index contributed by atoms with van der Waals surface area (Å²) in [6, 6.07) is 4.87. The maximum atomic E-state index is 11.8. The molecule has 0 aromatic heterocycles. The number of azide groups is 1. The normalized spacial score (nSPS) is 13.2. The Labute approximate surface area is 115 Å². The van der Waals surface area contributed by atoms with Gasteiger partial charge >= 0.3 is 0 Å². The molecule has 0 saturated heterocycles. The first kappa shape index (κ1) is 13.9. The molecule has 0 radical (unpaired) electrons. The Balaban J connectivity index is 2.34. The molecule has 1 aliphatic heterocycles. The molecule has 1 aromatic carbocycles. The molecular weight excluding hydrogens is 260 g/mol. The molecular formula is C13H14N4O3. The lowest BCUT2D eigenvalue weighted by Crippen LogP contribution is -2.39. The second-order valence-electron chi connectivity index (χ2n) is 4.33. The number of hydrogen-bond donors (Lipinski definition) is 0. The van der Waals surface area contributed by atoms with E-state index >= 15 is 0 Å². The second-order valence-corrected chi connectivity index (χ2v) is 4.33. The maximum absolute atomic E-state index is 11.8. The number of ketones is 1. The average molecular weight is 274 g/mol. The van der Waals surface area contributed by atoms with Crippen LogP contribution in [0.25, 0.3) is 10.4 Å². The van der Waals surface area contributed by atoms with Crippen molar-refractivity contribution in [2.45, 2.75) is 13.3 Å². The van der Waals surface area contributed by atoms with Crippen LogP contribution in [0.3, 0.4) is 0 Å². The predicted octanol–water partition coefficient (Wildman–Crippen LogP) is 2.32. The molecule has 0 bridgehead atoms. The number of anilines is 1. The summed E-state index contributed by atoms with van der Waals surface area (Å²) in [6.45, 7) is 2.32. The van der Waals surface area contributed by atoms with Crippen molar-refractivity contribution in [1.29, 1.82) is 0 Å². The Morgan fingerprint density at radius 2 is 2.35 bits per heavy atom. The van der Waals surface area contributed by atoms with Crippen molar-refractivity contribution in [3.63, 3.8) is 0 Å². The number of fused-ring (bicyclic) bond motifs is 1. The summed E-state index contributed by atoms with van der Waals surface area (Å²) >= 11 is 0. The summed E-state index contributed by atoms with van der Waals surface area (Å²) in [5.74, 6) is 0.164. The fraction of sp³-hybridized carbons (Fsp3) is 0.385. The van der Waals surface area contributed by atoms with Crippen molar-refractivity contribution in [2.24, 2.45) is 5.11 Å². The van der Waals surface area contributed by atoms with Gasteiger partial charge in [-0.2, -0.15) is 0 Å². The van der Waals surface area contributed by atoms with Crippen LogP contribution >= 0.6 is 0 Å². The van der Waals surface area contributed by atoms with E-state index in [0.717, 1.165) is 6.42 Å². The number of benzene rings is 1. The van der Waals surface area contributed by atoms with Gasteiger partial charge in [0.05, 0.1) is 12.2 Å². The molecule has 7 nitrogen and oxygen atoms in total. The Hall–Kier alpha value is -2.53. The molecule has 1 aromatic rings. The minimum atomic E-state index is -0.292. The molecule has 0 aliphatic carbocycles. The van der Waals surface area contributed by atoms with E-state index in [0.29, 0.717) is 23.5 Å². The predicted molar refractivity (Wildman–Crippen MR) is 72.9 cm³/mol. The Morgan fingerprint density at radius 3 is 3.05 bits per heavy atom. The van der Waals surface area contributed by atoms with Crippen LogP contribution < -0.4 is 9.64 Å². The molecule has 0 N–H and O–H groups in total. The van der Waals surface area contributed by atoms with Crippen LogP contribution in [0, 0.1) is 0 Å². The standard InChI is InChI=1S/C13H14N4O3/c1-2-5-17-10-6-9(11(18)7-15-16-14)3-4-12(10)20-8-13(17)19/h3-4,6H,2,5,7-8H2,1H3. The molecule has 0 fully saturated rings. The first-order valence-corrected chi connectivity index (χ1v) is 6.28. The van der Waals surface area contributed by atoms with Crippen LogP contribution in [0.5, 0.6) is 5.75 Å². The molecule has 1 amide bonds. The number of amides is 1. The van der Waals surface area contributed by atoms with Crippen molar-refractivity contribution in [3.8, 4) is 5.75 Å². The first-order chi connectivity index (χ1) is 9.67. The number of hydrogen-bond acceptors (Lipinski definition) is 4. The van der Waals surface area contributed by atoms with Crippen LogP contribution in [0.2, 0.25) is 0 Å². The highest BCUT2D eigenvalue weighted by Gasteiger charge is 2.25. The largest absolute Gasteiger partial charge is 0.482 e. The fourth-order valence-corrected chi connectivity index (χ4v) is 2.03. The summed E-state index contributed by atoms with van der Waals surface area (Å²) in [5.41, 5.74) is 9.23. The number of ether oxygens (including phenoxy) is 1. The molecule has 0 spiro atoms. The molecule has 0 saturated carbocycles. The fourth-order valence-electron chi connectivity index (χ4n) is 2.03. The zero-order chi connectivity index (χ0) is 14.5. The van der Waals surface area contributed by atoms with E-state index in [2.05, 4.69) is 10.0 Å². The van der Waals surface area contributed by atoms with E-state index in [1.807, 2.05) is 6.92 Å². The molecule has 0 atom stereocenters. The van der Waals surface area contributed by atoms with Crippen molar-refractivity contribution < 1.29 is 14.3 Å². The summed E-state index contributed by atoms with van der Waals surface area (Å²) in [7, 11) is 0.